The number of nitro benzene ring substituents is 1. The van der Waals surface area contributed by atoms with Gasteiger partial charge in [0.25, 0.3) is 5.69 Å². The lowest BCUT2D eigenvalue weighted by molar-refractivity contribution is -0.384. The van der Waals surface area contributed by atoms with Gasteiger partial charge in [-0.3, -0.25) is 10.1 Å². The first-order chi connectivity index (χ1) is 8.56. The fraction of sp³-hybridized carbons (Fsp3) is 0. The largest absolute Gasteiger partial charge is 0.437 e. The van der Waals surface area contributed by atoms with Crippen LogP contribution in [-0.4, -0.2) is 14.9 Å². The van der Waals surface area contributed by atoms with Crippen molar-refractivity contribution < 1.29 is 9.66 Å². The van der Waals surface area contributed by atoms with Crippen molar-refractivity contribution in [3.8, 4) is 11.6 Å². The second-order valence-electron chi connectivity index (χ2n) is 3.15. The van der Waals surface area contributed by atoms with Gasteiger partial charge in [-0.05, 0) is 6.07 Å². The lowest BCUT2D eigenvalue weighted by Gasteiger charge is -2.05. The second kappa shape index (κ2) is 5.16. The van der Waals surface area contributed by atoms with E-state index in [1.54, 1.807) is 0 Å². The van der Waals surface area contributed by atoms with Gasteiger partial charge in [0.15, 0.2) is 0 Å². The number of hydrogen-bond donors (Lipinski definition) is 0. The van der Waals surface area contributed by atoms with Crippen LogP contribution in [0.15, 0.2) is 30.6 Å². The summed E-state index contributed by atoms with van der Waals surface area (Å²) in [6.45, 7) is 0. The van der Waals surface area contributed by atoms with Crippen LogP contribution in [0.1, 0.15) is 0 Å². The molecule has 0 unspecified atom stereocenters. The van der Waals surface area contributed by atoms with Crippen molar-refractivity contribution in [1.82, 2.24) is 9.97 Å². The highest BCUT2D eigenvalue weighted by Crippen LogP contribution is 2.31. The Balaban J connectivity index is 2.27. The Kier molecular flexibility index (Phi) is 3.59. The number of ether oxygens (including phenoxy) is 1. The summed E-state index contributed by atoms with van der Waals surface area (Å²) in [7, 11) is 0. The molecule has 2 aromatic rings. The van der Waals surface area contributed by atoms with Crippen LogP contribution in [0.2, 0.25) is 10.2 Å². The van der Waals surface area contributed by atoms with Gasteiger partial charge >= 0.3 is 0 Å². The number of nitro groups is 1. The Morgan fingerprint density at radius 2 is 2.00 bits per heavy atom. The highest BCUT2D eigenvalue weighted by Gasteiger charge is 2.11. The van der Waals surface area contributed by atoms with Gasteiger partial charge in [0, 0.05) is 18.2 Å². The third-order valence-electron chi connectivity index (χ3n) is 1.95. The van der Waals surface area contributed by atoms with Crippen LogP contribution < -0.4 is 4.74 Å². The van der Waals surface area contributed by atoms with Gasteiger partial charge in [-0.25, -0.2) is 9.97 Å². The van der Waals surface area contributed by atoms with Crippen molar-refractivity contribution >= 4 is 28.9 Å². The molecular formula is C10H5Cl2N3O3. The van der Waals surface area contributed by atoms with Crippen LogP contribution >= 0.6 is 23.2 Å². The average molecular weight is 286 g/mol. The molecule has 0 aliphatic carbocycles. The summed E-state index contributed by atoms with van der Waals surface area (Å²) in [6, 6.07) is 5.26. The summed E-state index contributed by atoms with van der Waals surface area (Å²) in [4.78, 5) is 17.5. The average Bonchev–Trinajstić information content (AvgIpc) is 2.31. The van der Waals surface area contributed by atoms with Crippen LogP contribution in [0.5, 0.6) is 11.6 Å². The standard InChI is InChI=1S/C10H5Cl2N3O3/c11-7-3-6(15(16)17)1-2-8(7)18-10-4-9(12)13-5-14-10/h1-5H. The number of rotatable bonds is 3. The molecule has 0 atom stereocenters. The van der Waals surface area contributed by atoms with E-state index in [1.165, 1.54) is 30.6 Å². The minimum absolute atomic E-state index is 0.110. The minimum atomic E-state index is -0.544. The first kappa shape index (κ1) is 12.5. The molecule has 0 aliphatic heterocycles. The maximum atomic E-state index is 10.5. The number of halogens is 2. The molecule has 8 heteroatoms. The molecular weight excluding hydrogens is 281 g/mol. The molecule has 6 nitrogen and oxygen atoms in total. The van der Waals surface area contributed by atoms with Crippen molar-refractivity contribution in [3.63, 3.8) is 0 Å². The van der Waals surface area contributed by atoms with E-state index >= 15 is 0 Å². The van der Waals surface area contributed by atoms with Crippen LogP contribution in [-0.2, 0) is 0 Å². The molecule has 0 aliphatic rings. The zero-order chi connectivity index (χ0) is 13.1. The summed E-state index contributed by atoms with van der Waals surface area (Å²) >= 11 is 11.5. The second-order valence-corrected chi connectivity index (χ2v) is 3.95. The van der Waals surface area contributed by atoms with Gasteiger partial charge in [0.2, 0.25) is 5.88 Å². The number of nitrogens with zero attached hydrogens (tertiary/aromatic N) is 3. The quantitative estimate of drug-likeness (QED) is 0.490. The molecule has 0 saturated heterocycles. The highest BCUT2D eigenvalue weighted by atomic mass is 35.5. The molecule has 1 heterocycles. The lowest BCUT2D eigenvalue weighted by Crippen LogP contribution is -1.92. The summed E-state index contributed by atoms with van der Waals surface area (Å²) in [6.07, 6.45) is 1.23. The number of benzene rings is 1. The van der Waals surface area contributed by atoms with Crippen molar-refractivity contribution in [2.45, 2.75) is 0 Å². The van der Waals surface area contributed by atoms with Crippen LogP contribution in [0.25, 0.3) is 0 Å². The minimum Gasteiger partial charge on any atom is -0.437 e. The molecule has 0 bridgehead atoms. The van der Waals surface area contributed by atoms with Crippen molar-refractivity contribution in [1.29, 1.82) is 0 Å². The van der Waals surface area contributed by atoms with Crippen LogP contribution in [0.3, 0.4) is 0 Å². The summed E-state index contributed by atoms with van der Waals surface area (Å²) in [5.74, 6) is 0.447. The summed E-state index contributed by atoms with van der Waals surface area (Å²) in [5.41, 5.74) is -0.118. The molecule has 1 aromatic carbocycles. The summed E-state index contributed by atoms with van der Waals surface area (Å²) < 4.78 is 5.33. The highest BCUT2D eigenvalue weighted by molar-refractivity contribution is 6.32. The molecule has 0 amide bonds. The predicted octanol–water partition coefficient (Wildman–Crippen LogP) is 3.48. The molecule has 2 rings (SSSR count). The maximum Gasteiger partial charge on any atom is 0.271 e. The van der Waals surface area contributed by atoms with Gasteiger partial charge in [-0.15, -0.1) is 0 Å². The van der Waals surface area contributed by atoms with Crippen LogP contribution in [0.4, 0.5) is 5.69 Å². The molecule has 0 fully saturated rings. The SMILES string of the molecule is O=[N+]([O-])c1ccc(Oc2cc(Cl)ncn2)c(Cl)c1. The molecule has 0 saturated carbocycles. The topological polar surface area (TPSA) is 78.2 Å². The number of aromatic nitrogens is 2. The fourth-order valence-electron chi connectivity index (χ4n) is 1.17. The van der Waals surface area contributed by atoms with Crippen molar-refractivity contribution in [3.05, 3.63) is 50.9 Å². The third kappa shape index (κ3) is 2.85. The van der Waals surface area contributed by atoms with E-state index in [1.807, 2.05) is 0 Å². The van der Waals surface area contributed by atoms with Crippen molar-refractivity contribution in [2.24, 2.45) is 0 Å². The molecule has 0 radical (unpaired) electrons. The number of non-ortho nitro benzene ring substituents is 1. The Hall–Kier alpha value is -1.92. The number of hydrogen-bond acceptors (Lipinski definition) is 5. The van der Waals surface area contributed by atoms with E-state index in [9.17, 15) is 10.1 Å². The van der Waals surface area contributed by atoms with E-state index < -0.39 is 4.92 Å². The zero-order valence-corrected chi connectivity index (χ0v) is 10.2. The van der Waals surface area contributed by atoms with Crippen molar-refractivity contribution in [2.75, 3.05) is 0 Å². The molecule has 0 N–H and O–H groups in total. The Labute approximate surface area is 111 Å². The Morgan fingerprint density at radius 1 is 1.22 bits per heavy atom. The van der Waals surface area contributed by atoms with E-state index in [4.69, 9.17) is 27.9 Å². The fourth-order valence-corrected chi connectivity index (χ4v) is 1.52. The van der Waals surface area contributed by atoms with E-state index in [2.05, 4.69) is 9.97 Å². The monoisotopic (exact) mass is 285 g/mol. The van der Waals surface area contributed by atoms with Gasteiger partial charge in [0.05, 0.1) is 9.95 Å². The van der Waals surface area contributed by atoms with E-state index in [0.29, 0.717) is 0 Å². The molecule has 1 aromatic heterocycles. The third-order valence-corrected chi connectivity index (χ3v) is 2.45. The van der Waals surface area contributed by atoms with Crippen LogP contribution in [0, 0.1) is 10.1 Å². The Bertz CT molecular complexity index is 607. The van der Waals surface area contributed by atoms with Gasteiger partial charge < -0.3 is 4.74 Å². The smallest absolute Gasteiger partial charge is 0.271 e. The summed E-state index contributed by atoms with van der Waals surface area (Å²) in [5, 5.41) is 10.9. The van der Waals surface area contributed by atoms with E-state index in [-0.39, 0.29) is 27.5 Å². The van der Waals surface area contributed by atoms with E-state index in [0.717, 1.165) is 0 Å². The zero-order valence-electron chi connectivity index (χ0n) is 8.71. The Morgan fingerprint density at radius 3 is 2.61 bits per heavy atom. The lowest BCUT2D eigenvalue weighted by atomic mass is 10.3. The van der Waals surface area contributed by atoms with Gasteiger partial charge in [0.1, 0.15) is 17.2 Å². The molecule has 18 heavy (non-hydrogen) atoms. The first-order valence-electron chi connectivity index (χ1n) is 4.65. The molecule has 92 valence electrons. The maximum absolute atomic E-state index is 10.5. The first-order valence-corrected chi connectivity index (χ1v) is 5.41. The van der Waals surface area contributed by atoms with Gasteiger partial charge in [-0.2, -0.15) is 0 Å². The molecule has 0 spiro atoms. The van der Waals surface area contributed by atoms with Gasteiger partial charge in [-0.1, -0.05) is 23.2 Å². The normalized spacial score (nSPS) is 10.1. The predicted molar refractivity (Wildman–Crippen MR) is 65.2 cm³/mol.